The predicted molar refractivity (Wildman–Crippen MR) is 145 cm³/mol. The molecule has 1 heterocycles. The molecule has 1 atom stereocenters. The van der Waals surface area contributed by atoms with Gasteiger partial charge in [0, 0.05) is 12.2 Å². The number of amides is 3. The van der Waals surface area contributed by atoms with Gasteiger partial charge in [0.1, 0.15) is 16.7 Å². The van der Waals surface area contributed by atoms with Crippen LogP contribution in [0.1, 0.15) is 48.5 Å². The Hall–Kier alpha value is -4.57. The summed E-state index contributed by atoms with van der Waals surface area (Å²) >= 11 is 0.722. The van der Waals surface area contributed by atoms with Crippen molar-refractivity contribution in [2.24, 2.45) is 5.73 Å². The van der Waals surface area contributed by atoms with Crippen molar-refractivity contribution in [3.05, 3.63) is 111 Å². The fourth-order valence-corrected chi connectivity index (χ4v) is 4.90. The van der Waals surface area contributed by atoms with Crippen molar-refractivity contribution in [3.8, 4) is 0 Å². The molecule has 3 amide bonds. The number of nitrogens with two attached hydrogens (primary N) is 2. The second-order valence-corrected chi connectivity index (χ2v) is 9.59. The number of hydrogen-bond acceptors (Lipinski definition) is 6. The fourth-order valence-electron chi connectivity index (χ4n) is 4.16. The van der Waals surface area contributed by atoms with Gasteiger partial charge in [-0.15, -0.1) is 0 Å². The molecule has 0 saturated carbocycles. The maximum Gasteiger partial charge on any atom is 0.273 e. The molecule has 1 unspecified atom stereocenters. The number of halogens is 1. The lowest BCUT2D eigenvalue weighted by Gasteiger charge is -2.32. The van der Waals surface area contributed by atoms with E-state index in [1.165, 1.54) is 29.2 Å². The van der Waals surface area contributed by atoms with Crippen LogP contribution < -0.4 is 21.7 Å². The first-order valence-corrected chi connectivity index (χ1v) is 12.5. The van der Waals surface area contributed by atoms with Crippen LogP contribution in [-0.2, 0) is 11.3 Å². The first kappa shape index (κ1) is 26.5. The van der Waals surface area contributed by atoms with Crippen LogP contribution in [0.3, 0.4) is 0 Å². The molecule has 5 N–H and O–H groups in total. The van der Waals surface area contributed by atoms with Crippen LogP contribution in [-0.4, -0.2) is 22.1 Å². The smallest absolute Gasteiger partial charge is 0.273 e. The van der Waals surface area contributed by atoms with E-state index in [4.69, 9.17) is 11.5 Å². The van der Waals surface area contributed by atoms with Gasteiger partial charge in [-0.1, -0.05) is 48.5 Å². The van der Waals surface area contributed by atoms with Crippen molar-refractivity contribution in [1.82, 2.24) is 9.69 Å². The minimum Gasteiger partial charge on any atom is -0.395 e. The van der Waals surface area contributed by atoms with E-state index in [2.05, 4.69) is 9.69 Å². The molecular formula is C28H26FN5O3S. The summed E-state index contributed by atoms with van der Waals surface area (Å²) in [6.45, 7) is 3.95. The summed E-state index contributed by atoms with van der Waals surface area (Å²) in [5, 5.41) is 2.89. The minimum absolute atomic E-state index is 0.0408. The summed E-state index contributed by atoms with van der Waals surface area (Å²) in [6, 6.07) is 18.9. The quantitative estimate of drug-likeness (QED) is 0.312. The number of aryl methyl sites for hydroxylation is 2. The molecule has 0 aliphatic rings. The van der Waals surface area contributed by atoms with Crippen LogP contribution in [0.4, 0.5) is 15.8 Å². The third-order valence-corrected chi connectivity index (χ3v) is 6.71. The number of nitrogen functional groups attached to an aromatic ring is 1. The number of rotatable bonds is 8. The van der Waals surface area contributed by atoms with Gasteiger partial charge in [-0.05, 0) is 71.9 Å². The van der Waals surface area contributed by atoms with Gasteiger partial charge in [0.15, 0.2) is 5.69 Å². The molecule has 0 spiro atoms. The highest BCUT2D eigenvalue weighted by molar-refractivity contribution is 7.09. The van der Waals surface area contributed by atoms with Crippen LogP contribution in [0, 0.1) is 19.7 Å². The number of hydrogen-bond donors (Lipinski definition) is 3. The molecule has 38 heavy (non-hydrogen) atoms. The van der Waals surface area contributed by atoms with Crippen LogP contribution in [0.2, 0.25) is 0 Å². The zero-order chi connectivity index (χ0) is 27.4. The monoisotopic (exact) mass is 531 g/mol. The molecule has 1 aromatic heterocycles. The maximum atomic E-state index is 14.1. The maximum absolute atomic E-state index is 14.1. The third kappa shape index (κ3) is 5.70. The highest BCUT2D eigenvalue weighted by Gasteiger charge is 2.36. The number of anilines is 2. The van der Waals surface area contributed by atoms with E-state index in [0.717, 1.165) is 28.2 Å². The SMILES string of the molecule is Cc1cc(C)cc(N(C(=O)c2snc(C(N)=O)c2N)C(C(=O)NCc2ccccc2)c2ccc(F)cc2)c1. The summed E-state index contributed by atoms with van der Waals surface area (Å²) < 4.78 is 17.8. The van der Waals surface area contributed by atoms with Crippen LogP contribution in [0.25, 0.3) is 0 Å². The number of carbonyl (C=O) groups excluding carboxylic acids is 3. The number of nitrogens with zero attached hydrogens (tertiary/aromatic N) is 2. The van der Waals surface area contributed by atoms with Gasteiger partial charge >= 0.3 is 0 Å². The molecule has 194 valence electrons. The van der Waals surface area contributed by atoms with Crippen molar-refractivity contribution < 1.29 is 18.8 Å². The molecule has 0 radical (unpaired) electrons. The second-order valence-electron chi connectivity index (χ2n) is 8.82. The average molecular weight is 532 g/mol. The van der Waals surface area contributed by atoms with E-state index in [9.17, 15) is 18.8 Å². The lowest BCUT2D eigenvalue weighted by Crippen LogP contribution is -2.44. The Morgan fingerprint density at radius 3 is 2.21 bits per heavy atom. The lowest BCUT2D eigenvalue weighted by molar-refractivity contribution is -0.122. The van der Waals surface area contributed by atoms with E-state index in [-0.39, 0.29) is 22.8 Å². The molecular weight excluding hydrogens is 505 g/mol. The highest BCUT2D eigenvalue weighted by atomic mass is 32.1. The predicted octanol–water partition coefficient (Wildman–Crippen LogP) is 4.28. The van der Waals surface area contributed by atoms with Gasteiger partial charge in [0.05, 0.1) is 5.69 Å². The van der Waals surface area contributed by atoms with Crippen LogP contribution in [0.15, 0.2) is 72.8 Å². The van der Waals surface area contributed by atoms with Crippen molar-refractivity contribution in [2.75, 3.05) is 10.6 Å². The number of aromatic nitrogens is 1. The average Bonchev–Trinajstić information content (AvgIpc) is 3.27. The fraction of sp³-hybridized carbons (Fsp3) is 0.143. The Morgan fingerprint density at radius 1 is 1.00 bits per heavy atom. The van der Waals surface area contributed by atoms with Crippen molar-refractivity contribution in [2.45, 2.75) is 26.4 Å². The number of carbonyl (C=O) groups is 3. The van der Waals surface area contributed by atoms with Gasteiger partial charge < -0.3 is 16.8 Å². The summed E-state index contributed by atoms with van der Waals surface area (Å²) in [4.78, 5) is 40.9. The Kier molecular flexibility index (Phi) is 7.82. The van der Waals surface area contributed by atoms with E-state index in [1.807, 2.05) is 50.2 Å². The zero-order valence-corrected chi connectivity index (χ0v) is 21.6. The largest absolute Gasteiger partial charge is 0.395 e. The van der Waals surface area contributed by atoms with Gasteiger partial charge in [-0.3, -0.25) is 19.3 Å². The molecule has 8 nitrogen and oxygen atoms in total. The van der Waals surface area contributed by atoms with Crippen LogP contribution in [0.5, 0.6) is 0 Å². The standard InChI is InChI=1S/C28H26FN5O3S/c1-16-12-17(2)14-21(13-16)34(28(37)25-22(30)23(26(31)35)33-38-25)24(19-8-10-20(29)11-9-19)27(36)32-15-18-6-4-3-5-7-18/h3-14,24H,15,30H2,1-2H3,(H2,31,35)(H,32,36). The van der Waals surface area contributed by atoms with E-state index < -0.39 is 29.6 Å². The van der Waals surface area contributed by atoms with Gasteiger partial charge in [0.2, 0.25) is 5.91 Å². The Bertz CT molecular complexity index is 1470. The molecule has 4 rings (SSSR count). The van der Waals surface area contributed by atoms with Crippen molar-refractivity contribution in [1.29, 1.82) is 0 Å². The van der Waals surface area contributed by atoms with Gasteiger partial charge in [-0.2, -0.15) is 4.37 Å². The number of nitrogens with one attached hydrogen (secondary N) is 1. The molecule has 0 aliphatic carbocycles. The van der Waals surface area contributed by atoms with E-state index >= 15 is 0 Å². The zero-order valence-electron chi connectivity index (χ0n) is 20.8. The van der Waals surface area contributed by atoms with E-state index in [0.29, 0.717) is 11.3 Å². The topological polar surface area (TPSA) is 131 Å². The Balaban J connectivity index is 1.86. The molecule has 0 aliphatic heterocycles. The highest BCUT2D eigenvalue weighted by Crippen LogP contribution is 2.34. The van der Waals surface area contributed by atoms with Gasteiger partial charge in [-0.25, -0.2) is 4.39 Å². The first-order chi connectivity index (χ1) is 18.2. The van der Waals surface area contributed by atoms with E-state index in [1.54, 1.807) is 12.1 Å². The number of benzene rings is 3. The molecule has 0 bridgehead atoms. The van der Waals surface area contributed by atoms with Crippen molar-refractivity contribution >= 4 is 40.6 Å². The Morgan fingerprint density at radius 2 is 1.63 bits per heavy atom. The Labute approximate surface area is 223 Å². The lowest BCUT2D eigenvalue weighted by atomic mass is 10.0. The first-order valence-electron chi connectivity index (χ1n) is 11.7. The van der Waals surface area contributed by atoms with Gasteiger partial charge in [0.25, 0.3) is 11.8 Å². The summed E-state index contributed by atoms with van der Waals surface area (Å²) in [5.41, 5.74) is 14.5. The normalized spacial score (nSPS) is 11.6. The molecule has 4 aromatic rings. The summed E-state index contributed by atoms with van der Waals surface area (Å²) in [6.07, 6.45) is 0. The molecule has 0 saturated heterocycles. The number of primary amides is 1. The van der Waals surface area contributed by atoms with Crippen LogP contribution >= 0.6 is 11.5 Å². The second kappa shape index (κ2) is 11.2. The van der Waals surface area contributed by atoms with Crippen molar-refractivity contribution in [3.63, 3.8) is 0 Å². The molecule has 0 fully saturated rings. The minimum atomic E-state index is -1.20. The summed E-state index contributed by atoms with van der Waals surface area (Å²) in [7, 11) is 0. The third-order valence-electron chi connectivity index (χ3n) is 5.86. The summed E-state index contributed by atoms with van der Waals surface area (Å²) in [5.74, 6) is -2.50. The molecule has 3 aromatic carbocycles. The molecule has 10 heteroatoms.